The molecule has 2 aromatic rings. The Hall–Kier alpha value is -0.970. The summed E-state index contributed by atoms with van der Waals surface area (Å²) in [5.41, 5.74) is 1.69. The molecular weight excluding hydrogens is 291 g/mol. The molecule has 0 aliphatic carbocycles. The molecule has 2 aromatic heterocycles. The van der Waals surface area contributed by atoms with Gasteiger partial charge in [-0.25, -0.2) is 0 Å². The highest BCUT2D eigenvalue weighted by Gasteiger charge is 2.27. The SMILES string of the molecule is Cc1cc2c(s1)CN(C(=O)c1cc(Cl)c(Cl)[nH]1)C2. The van der Waals surface area contributed by atoms with Gasteiger partial charge in [0.05, 0.1) is 11.6 Å². The summed E-state index contributed by atoms with van der Waals surface area (Å²) in [6, 6.07) is 3.71. The summed E-state index contributed by atoms with van der Waals surface area (Å²) >= 11 is 13.4. The number of hydrogen-bond acceptors (Lipinski definition) is 2. The summed E-state index contributed by atoms with van der Waals surface area (Å²) in [6.45, 7) is 3.41. The molecule has 0 atom stereocenters. The van der Waals surface area contributed by atoms with E-state index < -0.39 is 0 Å². The first kappa shape index (κ1) is 12.1. The van der Waals surface area contributed by atoms with Crippen molar-refractivity contribution < 1.29 is 4.79 Å². The first-order valence-corrected chi connectivity index (χ1v) is 7.03. The van der Waals surface area contributed by atoms with Crippen LogP contribution in [0.15, 0.2) is 12.1 Å². The predicted octanol–water partition coefficient (Wildman–Crippen LogP) is 3.85. The van der Waals surface area contributed by atoms with Gasteiger partial charge in [0.1, 0.15) is 10.8 Å². The van der Waals surface area contributed by atoms with Gasteiger partial charge < -0.3 is 9.88 Å². The molecule has 0 radical (unpaired) electrons. The first-order valence-electron chi connectivity index (χ1n) is 5.46. The average molecular weight is 301 g/mol. The van der Waals surface area contributed by atoms with Crippen molar-refractivity contribution in [3.05, 3.63) is 43.3 Å². The monoisotopic (exact) mass is 300 g/mol. The number of fused-ring (bicyclic) bond motifs is 1. The zero-order valence-electron chi connectivity index (χ0n) is 9.59. The lowest BCUT2D eigenvalue weighted by atomic mass is 10.3. The smallest absolute Gasteiger partial charge is 0.270 e. The van der Waals surface area contributed by atoms with Gasteiger partial charge in [-0.2, -0.15) is 0 Å². The second kappa shape index (κ2) is 4.30. The third-order valence-corrected chi connectivity index (χ3v) is 4.73. The van der Waals surface area contributed by atoms with Gasteiger partial charge in [-0.1, -0.05) is 23.2 Å². The number of carbonyl (C=O) groups is 1. The van der Waals surface area contributed by atoms with Gasteiger partial charge in [-0.3, -0.25) is 4.79 Å². The summed E-state index contributed by atoms with van der Waals surface area (Å²) in [7, 11) is 0. The molecular formula is C12H10Cl2N2OS. The Kier molecular flexibility index (Phi) is 2.88. The molecule has 0 unspecified atom stereocenters. The van der Waals surface area contributed by atoms with Crippen LogP contribution in [0.5, 0.6) is 0 Å². The summed E-state index contributed by atoms with van der Waals surface area (Å²) < 4.78 is 0. The van der Waals surface area contributed by atoms with Gasteiger partial charge in [0.15, 0.2) is 0 Å². The van der Waals surface area contributed by atoms with Crippen molar-refractivity contribution in [1.29, 1.82) is 0 Å². The molecule has 0 aromatic carbocycles. The van der Waals surface area contributed by atoms with E-state index in [0.29, 0.717) is 29.0 Å². The molecule has 94 valence electrons. The summed E-state index contributed by atoms with van der Waals surface area (Å²) in [5.74, 6) is -0.0650. The highest BCUT2D eigenvalue weighted by atomic mass is 35.5. The summed E-state index contributed by atoms with van der Waals surface area (Å²) in [5, 5.41) is 0.689. The van der Waals surface area contributed by atoms with E-state index in [4.69, 9.17) is 23.2 Å². The Morgan fingerprint density at radius 3 is 2.78 bits per heavy atom. The van der Waals surface area contributed by atoms with E-state index in [1.807, 2.05) is 0 Å². The quantitative estimate of drug-likeness (QED) is 0.853. The number of H-pyrrole nitrogens is 1. The Labute approximate surface area is 118 Å². The van der Waals surface area contributed by atoms with E-state index in [2.05, 4.69) is 18.0 Å². The Morgan fingerprint density at radius 2 is 2.17 bits per heavy atom. The van der Waals surface area contributed by atoms with Crippen molar-refractivity contribution in [1.82, 2.24) is 9.88 Å². The maximum absolute atomic E-state index is 12.2. The van der Waals surface area contributed by atoms with Crippen LogP contribution in [0, 0.1) is 6.92 Å². The van der Waals surface area contributed by atoms with Crippen LogP contribution in [0.25, 0.3) is 0 Å². The minimum absolute atomic E-state index is 0.0650. The average Bonchev–Trinajstić information content (AvgIpc) is 2.92. The number of hydrogen-bond donors (Lipinski definition) is 1. The molecule has 1 aliphatic heterocycles. The van der Waals surface area contributed by atoms with Crippen LogP contribution in [0.1, 0.15) is 25.8 Å². The zero-order chi connectivity index (χ0) is 12.9. The number of nitrogens with one attached hydrogen (secondary N) is 1. The van der Waals surface area contributed by atoms with Crippen molar-refractivity contribution in [2.75, 3.05) is 0 Å². The lowest BCUT2D eigenvalue weighted by molar-refractivity contribution is 0.0747. The Balaban J connectivity index is 1.81. The molecule has 1 aliphatic rings. The number of rotatable bonds is 1. The number of aryl methyl sites for hydroxylation is 1. The summed E-state index contributed by atoms with van der Waals surface area (Å²) in [4.78, 5) is 19.4. The largest absolute Gasteiger partial charge is 0.340 e. The molecule has 1 N–H and O–H groups in total. The number of aromatic amines is 1. The fourth-order valence-electron chi connectivity index (χ4n) is 2.15. The molecule has 0 bridgehead atoms. The van der Waals surface area contributed by atoms with E-state index in [9.17, 15) is 4.79 Å². The Bertz CT molecular complexity index is 589. The van der Waals surface area contributed by atoms with E-state index >= 15 is 0 Å². The highest BCUT2D eigenvalue weighted by molar-refractivity contribution is 7.12. The summed E-state index contributed by atoms with van der Waals surface area (Å²) in [6.07, 6.45) is 0. The molecule has 0 saturated heterocycles. The lowest BCUT2D eigenvalue weighted by Gasteiger charge is -2.14. The molecule has 3 rings (SSSR count). The minimum Gasteiger partial charge on any atom is -0.340 e. The van der Waals surface area contributed by atoms with Gasteiger partial charge in [-0.15, -0.1) is 11.3 Å². The predicted molar refractivity (Wildman–Crippen MR) is 73.4 cm³/mol. The third-order valence-electron chi connectivity index (χ3n) is 2.96. The van der Waals surface area contributed by atoms with Crippen LogP contribution in [-0.4, -0.2) is 15.8 Å². The van der Waals surface area contributed by atoms with Gasteiger partial charge in [-0.05, 0) is 24.6 Å². The van der Waals surface area contributed by atoms with Crippen molar-refractivity contribution in [2.24, 2.45) is 0 Å². The van der Waals surface area contributed by atoms with Crippen molar-refractivity contribution >= 4 is 40.4 Å². The molecule has 3 nitrogen and oxygen atoms in total. The number of halogens is 2. The topological polar surface area (TPSA) is 36.1 Å². The number of thiophene rings is 1. The van der Waals surface area contributed by atoms with Gasteiger partial charge in [0.2, 0.25) is 0 Å². The van der Waals surface area contributed by atoms with Gasteiger partial charge >= 0.3 is 0 Å². The molecule has 3 heterocycles. The molecule has 6 heteroatoms. The molecule has 18 heavy (non-hydrogen) atoms. The number of aromatic nitrogens is 1. The minimum atomic E-state index is -0.0650. The van der Waals surface area contributed by atoms with Crippen LogP contribution in [0.2, 0.25) is 10.2 Å². The van der Waals surface area contributed by atoms with E-state index in [-0.39, 0.29) is 5.91 Å². The van der Waals surface area contributed by atoms with Gasteiger partial charge in [0, 0.05) is 16.3 Å². The van der Waals surface area contributed by atoms with Gasteiger partial charge in [0.25, 0.3) is 5.91 Å². The fraction of sp³-hybridized carbons (Fsp3) is 0.250. The second-order valence-electron chi connectivity index (χ2n) is 4.31. The molecule has 0 saturated carbocycles. The lowest BCUT2D eigenvalue weighted by Crippen LogP contribution is -2.25. The van der Waals surface area contributed by atoms with Crippen molar-refractivity contribution in [3.63, 3.8) is 0 Å². The molecule has 0 fully saturated rings. The third kappa shape index (κ3) is 1.94. The highest BCUT2D eigenvalue weighted by Crippen LogP contribution is 2.32. The normalized spacial score (nSPS) is 14.1. The van der Waals surface area contributed by atoms with E-state index in [1.54, 1.807) is 22.3 Å². The molecule has 0 spiro atoms. The standard InChI is InChI=1S/C12H10Cl2N2OS/c1-6-2-7-4-16(5-10(7)18-6)12(17)9-3-8(13)11(14)15-9/h2-3,15H,4-5H2,1H3. The van der Waals surface area contributed by atoms with Crippen molar-refractivity contribution in [3.8, 4) is 0 Å². The van der Waals surface area contributed by atoms with Crippen LogP contribution in [0.3, 0.4) is 0 Å². The van der Waals surface area contributed by atoms with Crippen LogP contribution >= 0.6 is 34.5 Å². The zero-order valence-corrected chi connectivity index (χ0v) is 11.9. The maximum atomic E-state index is 12.2. The number of amides is 1. The maximum Gasteiger partial charge on any atom is 0.270 e. The van der Waals surface area contributed by atoms with Crippen LogP contribution in [-0.2, 0) is 13.1 Å². The first-order chi connectivity index (χ1) is 8.54. The Morgan fingerprint density at radius 1 is 1.39 bits per heavy atom. The molecule has 1 amide bonds. The van der Waals surface area contributed by atoms with Crippen molar-refractivity contribution in [2.45, 2.75) is 20.0 Å². The van der Waals surface area contributed by atoms with E-state index in [0.717, 1.165) is 0 Å². The second-order valence-corrected chi connectivity index (χ2v) is 6.44. The van der Waals surface area contributed by atoms with Crippen LogP contribution < -0.4 is 0 Å². The van der Waals surface area contributed by atoms with E-state index in [1.165, 1.54) is 15.3 Å². The fourth-order valence-corrected chi connectivity index (χ4v) is 3.53. The number of nitrogens with zero attached hydrogens (tertiary/aromatic N) is 1. The van der Waals surface area contributed by atoms with Crippen LogP contribution in [0.4, 0.5) is 0 Å². The number of carbonyl (C=O) groups excluding carboxylic acids is 1.